The summed E-state index contributed by atoms with van der Waals surface area (Å²) in [7, 11) is 1.62. The van der Waals surface area contributed by atoms with Crippen LogP contribution in [0.3, 0.4) is 0 Å². The highest BCUT2D eigenvalue weighted by molar-refractivity contribution is 6.02. The van der Waals surface area contributed by atoms with E-state index in [0.29, 0.717) is 37.6 Å². The van der Waals surface area contributed by atoms with E-state index in [1.165, 1.54) is 0 Å². The lowest BCUT2D eigenvalue weighted by molar-refractivity contribution is 0.0937. The molecule has 0 saturated carbocycles. The lowest BCUT2D eigenvalue weighted by atomic mass is 10.2. The molecule has 0 spiro atoms. The third kappa shape index (κ3) is 4.32. The number of carbonyl (C=O) groups is 2. The summed E-state index contributed by atoms with van der Waals surface area (Å²) in [4.78, 5) is 29.0. The molecule has 2 N–H and O–H groups in total. The van der Waals surface area contributed by atoms with Crippen molar-refractivity contribution in [3.8, 4) is 0 Å². The van der Waals surface area contributed by atoms with Crippen LogP contribution in [0.2, 0.25) is 0 Å². The summed E-state index contributed by atoms with van der Waals surface area (Å²) < 4.78 is 6.59. The summed E-state index contributed by atoms with van der Waals surface area (Å²) in [6.45, 7) is 5.66. The minimum Gasteiger partial charge on any atom is -0.385 e. The third-order valence-electron chi connectivity index (χ3n) is 3.45. The number of methoxy groups -OCH3 is 1. The molecule has 7 heteroatoms. The van der Waals surface area contributed by atoms with Crippen LogP contribution in [0.25, 0.3) is 5.52 Å². The van der Waals surface area contributed by atoms with Gasteiger partial charge in [0.05, 0.1) is 5.52 Å². The van der Waals surface area contributed by atoms with E-state index in [0.717, 1.165) is 0 Å². The van der Waals surface area contributed by atoms with Crippen LogP contribution in [0.1, 0.15) is 41.4 Å². The first-order valence-corrected chi connectivity index (χ1v) is 8.07. The minimum absolute atomic E-state index is 0.206. The van der Waals surface area contributed by atoms with Gasteiger partial charge < -0.3 is 15.4 Å². The number of carbonyl (C=O) groups excluding carboxylic acids is 2. The fraction of sp³-hybridized carbons (Fsp3) is 0.471. The molecule has 24 heavy (non-hydrogen) atoms. The minimum atomic E-state index is -0.310. The second-order valence-electron chi connectivity index (χ2n) is 5.95. The SMILES string of the molecule is COCCCNC(=O)c1nc(C(=O)NCC(C)C)c2ccccn12. The highest BCUT2D eigenvalue weighted by Crippen LogP contribution is 2.13. The number of aromatic nitrogens is 2. The molecule has 0 aliphatic carbocycles. The Kier molecular flexibility index (Phi) is 6.31. The second kappa shape index (κ2) is 8.44. The van der Waals surface area contributed by atoms with E-state index in [-0.39, 0.29) is 23.3 Å². The van der Waals surface area contributed by atoms with Crippen molar-refractivity contribution in [3.63, 3.8) is 0 Å². The van der Waals surface area contributed by atoms with Gasteiger partial charge in [-0.15, -0.1) is 0 Å². The number of nitrogens with zero attached hydrogens (tertiary/aromatic N) is 2. The first-order chi connectivity index (χ1) is 11.5. The zero-order valence-electron chi connectivity index (χ0n) is 14.3. The Bertz CT molecular complexity index is 709. The average Bonchev–Trinajstić information content (AvgIpc) is 2.96. The molecule has 2 rings (SSSR count). The quantitative estimate of drug-likeness (QED) is 0.717. The van der Waals surface area contributed by atoms with Crippen LogP contribution in [0.4, 0.5) is 0 Å². The number of ether oxygens (including phenoxy) is 1. The first-order valence-electron chi connectivity index (χ1n) is 8.07. The van der Waals surface area contributed by atoms with Gasteiger partial charge in [0, 0.05) is 33.0 Å². The molecule has 0 aliphatic heterocycles. The topological polar surface area (TPSA) is 84.7 Å². The standard InChI is InChI=1S/C17H24N4O3/c1-12(2)11-19-16(22)14-13-7-4-5-9-21(13)15(20-14)17(23)18-8-6-10-24-3/h4-5,7,9,12H,6,8,10-11H2,1-3H3,(H,18,23)(H,19,22). The predicted octanol–water partition coefficient (Wildman–Crippen LogP) is 1.49. The van der Waals surface area contributed by atoms with Gasteiger partial charge in [0.1, 0.15) is 0 Å². The molecule has 0 bridgehead atoms. The van der Waals surface area contributed by atoms with Gasteiger partial charge in [0.2, 0.25) is 5.82 Å². The summed E-state index contributed by atoms with van der Waals surface area (Å²) in [5.41, 5.74) is 0.874. The molecule has 0 aliphatic rings. The smallest absolute Gasteiger partial charge is 0.287 e. The van der Waals surface area contributed by atoms with Gasteiger partial charge in [-0.25, -0.2) is 4.98 Å². The van der Waals surface area contributed by atoms with Crippen molar-refractivity contribution in [1.29, 1.82) is 0 Å². The fourth-order valence-electron chi connectivity index (χ4n) is 2.24. The molecule has 0 atom stereocenters. The van der Waals surface area contributed by atoms with Crippen molar-refractivity contribution in [2.45, 2.75) is 20.3 Å². The average molecular weight is 332 g/mol. The van der Waals surface area contributed by atoms with Gasteiger partial charge in [0.15, 0.2) is 5.69 Å². The van der Waals surface area contributed by atoms with Crippen LogP contribution < -0.4 is 10.6 Å². The summed E-state index contributed by atoms with van der Waals surface area (Å²) in [6.07, 6.45) is 2.44. The van der Waals surface area contributed by atoms with Crippen molar-refractivity contribution in [3.05, 3.63) is 35.9 Å². The fourth-order valence-corrected chi connectivity index (χ4v) is 2.24. The summed E-state index contributed by atoms with van der Waals surface area (Å²) in [6, 6.07) is 5.39. The molecule has 2 heterocycles. The van der Waals surface area contributed by atoms with Gasteiger partial charge in [-0.2, -0.15) is 0 Å². The highest BCUT2D eigenvalue weighted by atomic mass is 16.5. The van der Waals surface area contributed by atoms with E-state index in [1.54, 1.807) is 29.8 Å². The Labute approximate surface area is 141 Å². The van der Waals surface area contributed by atoms with Gasteiger partial charge in [-0.3, -0.25) is 14.0 Å². The first kappa shape index (κ1) is 17.9. The number of hydrogen-bond acceptors (Lipinski definition) is 4. The Morgan fingerprint density at radius 3 is 2.75 bits per heavy atom. The normalized spacial score (nSPS) is 11.0. The maximum Gasteiger partial charge on any atom is 0.287 e. The van der Waals surface area contributed by atoms with Gasteiger partial charge in [-0.05, 0) is 24.5 Å². The monoisotopic (exact) mass is 332 g/mol. The summed E-state index contributed by atoms with van der Waals surface area (Å²) in [5, 5.41) is 5.63. The van der Waals surface area contributed by atoms with E-state index in [4.69, 9.17) is 4.74 Å². The largest absolute Gasteiger partial charge is 0.385 e. The van der Waals surface area contributed by atoms with Crippen LogP contribution in [0.15, 0.2) is 24.4 Å². The maximum atomic E-state index is 12.4. The Hall–Kier alpha value is -2.41. The van der Waals surface area contributed by atoms with Gasteiger partial charge in [-0.1, -0.05) is 19.9 Å². The van der Waals surface area contributed by atoms with E-state index in [1.807, 2.05) is 19.9 Å². The molecule has 7 nitrogen and oxygen atoms in total. The van der Waals surface area contributed by atoms with Crippen molar-refractivity contribution >= 4 is 17.3 Å². The molecule has 2 aromatic rings. The maximum absolute atomic E-state index is 12.4. The van der Waals surface area contributed by atoms with Gasteiger partial charge >= 0.3 is 0 Å². The molecule has 0 unspecified atom stereocenters. The Morgan fingerprint density at radius 1 is 1.25 bits per heavy atom. The lowest BCUT2D eigenvalue weighted by Crippen LogP contribution is -2.28. The summed E-state index contributed by atoms with van der Waals surface area (Å²) >= 11 is 0. The van der Waals surface area contributed by atoms with Crippen molar-refractivity contribution < 1.29 is 14.3 Å². The molecular weight excluding hydrogens is 308 g/mol. The van der Waals surface area contributed by atoms with Crippen LogP contribution in [-0.2, 0) is 4.74 Å². The third-order valence-corrected chi connectivity index (χ3v) is 3.45. The van der Waals surface area contributed by atoms with Crippen molar-refractivity contribution in [1.82, 2.24) is 20.0 Å². The Morgan fingerprint density at radius 2 is 2.04 bits per heavy atom. The number of nitrogens with one attached hydrogen (secondary N) is 2. The van der Waals surface area contributed by atoms with Crippen LogP contribution in [0.5, 0.6) is 0 Å². The molecule has 0 saturated heterocycles. The number of hydrogen-bond donors (Lipinski definition) is 2. The van der Waals surface area contributed by atoms with E-state index in [9.17, 15) is 9.59 Å². The molecule has 2 amide bonds. The van der Waals surface area contributed by atoms with E-state index < -0.39 is 0 Å². The molecule has 0 radical (unpaired) electrons. The van der Waals surface area contributed by atoms with Crippen molar-refractivity contribution in [2.24, 2.45) is 5.92 Å². The number of rotatable bonds is 8. The molecule has 130 valence electrons. The van der Waals surface area contributed by atoms with E-state index in [2.05, 4.69) is 15.6 Å². The summed E-state index contributed by atoms with van der Waals surface area (Å²) in [5.74, 6) is -0.0369. The molecular formula is C17H24N4O3. The molecule has 0 aromatic carbocycles. The number of imidazole rings is 1. The van der Waals surface area contributed by atoms with Crippen LogP contribution in [0, 0.1) is 5.92 Å². The predicted molar refractivity (Wildman–Crippen MR) is 91.2 cm³/mol. The van der Waals surface area contributed by atoms with E-state index >= 15 is 0 Å². The zero-order chi connectivity index (χ0) is 17.5. The lowest BCUT2D eigenvalue weighted by Gasteiger charge is -2.05. The number of fused-ring (bicyclic) bond motifs is 1. The van der Waals surface area contributed by atoms with Gasteiger partial charge in [0.25, 0.3) is 11.8 Å². The molecule has 0 fully saturated rings. The Balaban J connectivity index is 2.21. The second-order valence-corrected chi connectivity index (χ2v) is 5.95. The molecule has 2 aromatic heterocycles. The van der Waals surface area contributed by atoms with Crippen LogP contribution >= 0.6 is 0 Å². The zero-order valence-corrected chi connectivity index (χ0v) is 14.3. The van der Waals surface area contributed by atoms with Crippen LogP contribution in [-0.4, -0.2) is 48.0 Å². The highest BCUT2D eigenvalue weighted by Gasteiger charge is 2.21. The van der Waals surface area contributed by atoms with Crippen molar-refractivity contribution in [2.75, 3.05) is 26.8 Å². The number of pyridine rings is 1. The number of amides is 2.